The van der Waals surface area contributed by atoms with Crippen molar-refractivity contribution in [3.8, 4) is 17.1 Å². The van der Waals surface area contributed by atoms with Crippen LogP contribution in [-0.4, -0.2) is 29.4 Å². The molecule has 1 N–H and O–H groups in total. The molecule has 0 unspecified atom stereocenters. The van der Waals surface area contributed by atoms with Crippen molar-refractivity contribution in [2.24, 2.45) is 0 Å². The summed E-state index contributed by atoms with van der Waals surface area (Å²) in [6, 6.07) is 15.9. The van der Waals surface area contributed by atoms with Crippen LogP contribution in [0.1, 0.15) is 5.76 Å². The molecule has 0 radical (unpaired) electrons. The van der Waals surface area contributed by atoms with Crippen molar-refractivity contribution in [2.75, 3.05) is 0 Å². The third-order valence-electron chi connectivity index (χ3n) is 3.34. The Hall–Kier alpha value is -2.07. The van der Waals surface area contributed by atoms with Crippen LogP contribution in [0.15, 0.2) is 57.9 Å². The number of hydrogen-bond donors (Lipinski definition) is 1. The summed E-state index contributed by atoms with van der Waals surface area (Å²) in [5, 5.41) is 13.9. The van der Waals surface area contributed by atoms with Gasteiger partial charge in [0.1, 0.15) is 0 Å². The zero-order valence-electron chi connectivity index (χ0n) is 11.1. The molecule has 4 rings (SSSR count). The van der Waals surface area contributed by atoms with Crippen LogP contribution in [0.3, 0.4) is 0 Å². The molecule has 5 heteroatoms. The number of aromatic nitrogens is 2. The van der Waals surface area contributed by atoms with E-state index < -0.39 is 0 Å². The normalized spacial score (nSPS) is 11.3. The molecular weight excluding hydrogens is 331 g/mol. The molecule has 3 aromatic heterocycles. The molecule has 21 heavy (non-hydrogen) atoms. The minimum absolute atomic E-state index is 0.0923. The van der Waals surface area contributed by atoms with Gasteiger partial charge in [0.15, 0.2) is 0 Å². The Bertz CT molecular complexity index is 889. The van der Waals surface area contributed by atoms with Crippen LogP contribution < -0.4 is 0 Å². The molecule has 0 bridgehead atoms. The van der Waals surface area contributed by atoms with Gasteiger partial charge >= 0.3 is 127 Å². The molecule has 0 saturated carbocycles. The Balaban J connectivity index is 1.93. The molecule has 0 amide bonds. The number of aliphatic hydroxyl groups is 1. The number of fused-ring (bicyclic) bond motifs is 1. The summed E-state index contributed by atoms with van der Waals surface area (Å²) in [6.45, 7) is -0.0923. The quantitative estimate of drug-likeness (QED) is 0.582. The maximum atomic E-state index is 9.15. The number of hydrogen-bond acceptors (Lipinski definition) is 3. The van der Waals surface area contributed by atoms with Crippen LogP contribution in [0.2, 0.25) is 0 Å². The predicted molar refractivity (Wildman–Crippen MR) is 81.6 cm³/mol. The van der Waals surface area contributed by atoms with Crippen molar-refractivity contribution in [3.05, 3.63) is 59.2 Å². The van der Waals surface area contributed by atoms with Gasteiger partial charge in [-0.2, -0.15) is 0 Å². The molecule has 0 aliphatic rings. The van der Waals surface area contributed by atoms with E-state index in [1.165, 1.54) is 4.26 Å². The van der Waals surface area contributed by atoms with Crippen molar-refractivity contribution in [3.63, 3.8) is 0 Å². The van der Waals surface area contributed by atoms with Crippen molar-refractivity contribution in [1.82, 2.24) is 9.78 Å². The summed E-state index contributed by atoms with van der Waals surface area (Å²) in [7, 11) is 0. The van der Waals surface area contributed by atoms with Gasteiger partial charge in [0.05, 0.1) is 0 Å². The van der Waals surface area contributed by atoms with E-state index in [0.717, 1.165) is 22.7 Å². The van der Waals surface area contributed by atoms with Crippen LogP contribution in [-0.2, 0) is 6.61 Å². The first-order valence-corrected chi connectivity index (χ1v) is 8.43. The summed E-state index contributed by atoms with van der Waals surface area (Å²) >= 11 is 0.268. The second-order valence-electron chi connectivity index (χ2n) is 4.65. The van der Waals surface area contributed by atoms with Gasteiger partial charge in [0.25, 0.3) is 0 Å². The summed E-state index contributed by atoms with van der Waals surface area (Å²) < 4.78 is 8.83. The van der Waals surface area contributed by atoms with Gasteiger partial charge in [-0.3, -0.25) is 0 Å². The van der Waals surface area contributed by atoms with E-state index in [1.807, 2.05) is 41.1 Å². The van der Waals surface area contributed by atoms with Crippen molar-refractivity contribution in [1.29, 1.82) is 0 Å². The number of aliphatic hydroxyl groups excluding tert-OH is 1. The fourth-order valence-electron chi connectivity index (χ4n) is 2.36. The van der Waals surface area contributed by atoms with Gasteiger partial charge in [-0.25, -0.2) is 0 Å². The van der Waals surface area contributed by atoms with Crippen LogP contribution in [0.5, 0.6) is 0 Å². The van der Waals surface area contributed by atoms with Crippen LogP contribution in [0.25, 0.3) is 26.9 Å². The SMILES string of the molecule is OCc1ccc(-c2nn(-c3ccccc3)c3cc[se]c23)o1. The summed E-state index contributed by atoms with van der Waals surface area (Å²) in [5.74, 6) is 1.28. The zero-order valence-corrected chi connectivity index (χ0v) is 12.8. The van der Waals surface area contributed by atoms with Gasteiger partial charge in [-0.15, -0.1) is 0 Å². The third-order valence-corrected chi connectivity index (χ3v) is 5.25. The molecule has 0 aliphatic carbocycles. The Morgan fingerprint density at radius 1 is 1.10 bits per heavy atom. The first-order chi connectivity index (χ1) is 10.4. The zero-order chi connectivity index (χ0) is 14.2. The van der Waals surface area contributed by atoms with E-state index in [4.69, 9.17) is 14.6 Å². The van der Waals surface area contributed by atoms with E-state index in [2.05, 4.69) is 11.0 Å². The van der Waals surface area contributed by atoms with E-state index in [1.54, 1.807) is 6.07 Å². The molecule has 0 spiro atoms. The third kappa shape index (κ3) is 2.07. The fourth-order valence-corrected chi connectivity index (χ4v) is 4.17. The summed E-state index contributed by atoms with van der Waals surface area (Å²) in [4.78, 5) is 2.19. The molecule has 4 aromatic rings. The number of rotatable bonds is 3. The molecule has 0 fully saturated rings. The van der Waals surface area contributed by atoms with Crippen LogP contribution in [0.4, 0.5) is 0 Å². The van der Waals surface area contributed by atoms with Crippen LogP contribution in [0, 0.1) is 0 Å². The van der Waals surface area contributed by atoms with E-state index in [9.17, 15) is 0 Å². The standard InChI is InChI=1S/C16H12N2O2Se/c19-10-12-6-7-14(20-12)15-16-13(8-9-21-16)18(17-15)11-4-2-1-3-5-11/h1-9,19H,10H2. The molecule has 0 saturated heterocycles. The number of para-hydroxylation sites is 1. The summed E-state index contributed by atoms with van der Waals surface area (Å²) in [6.07, 6.45) is 0. The average Bonchev–Trinajstić information content (AvgIpc) is 3.23. The van der Waals surface area contributed by atoms with E-state index >= 15 is 0 Å². The van der Waals surface area contributed by atoms with E-state index in [0.29, 0.717) is 5.76 Å². The predicted octanol–water partition coefficient (Wildman–Crippen LogP) is 2.83. The maximum absolute atomic E-state index is 9.15. The second-order valence-corrected chi connectivity index (χ2v) is 6.58. The van der Waals surface area contributed by atoms with Crippen molar-refractivity contribution >= 4 is 24.3 Å². The monoisotopic (exact) mass is 344 g/mol. The number of nitrogens with zero attached hydrogens (tertiary/aromatic N) is 2. The average molecular weight is 343 g/mol. The number of furan rings is 1. The molecule has 0 atom stereocenters. The van der Waals surface area contributed by atoms with Gasteiger partial charge < -0.3 is 0 Å². The van der Waals surface area contributed by atoms with Crippen LogP contribution >= 0.6 is 0 Å². The Morgan fingerprint density at radius 2 is 1.95 bits per heavy atom. The first kappa shape index (κ1) is 12.7. The van der Waals surface area contributed by atoms with Gasteiger partial charge in [-0.05, 0) is 0 Å². The molecule has 4 nitrogen and oxygen atoms in total. The Morgan fingerprint density at radius 3 is 2.71 bits per heavy atom. The molecule has 104 valence electrons. The summed E-state index contributed by atoms with van der Waals surface area (Å²) in [5.41, 5.74) is 3.04. The van der Waals surface area contributed by atoms with Gasteiger partial charge in [0.2, 0.25) is 0 Å². The number of benzene rings is 1. The Labute approximate surface area is 127 Å². The molecular formula is C16H12N2O2Se. The Kier molecular flexibility index (Phi) is 3.04. The second kappa shape index (κ2) is 5.04. The van der Waals surface area contributed by atoms with E-state index in [-0.39, 0.29) is 21.1 Å². The van der Waals surface area contributed by atoms with Gasteiger partial charge in [-0.1, -0.05) is 0 Å². The topological polar surface area (TPSA) is 51.2 Å². The molecule has 3 heterocycles. The fraction of sp³-hybridized carbons (Fsp3) is 0.0625. The first-order valence-electron chi connectivity index (χ1n) is 6.58. The minimum atomic E-state index is -0.0923. The van der Waals surface area contributed by atoms with Crippen molar-refractivity contribution in [2.45, 2.75) is 6.61 Å². The molecule has 1 aromatic carbocycles. The van der Waals surface area contributed by atoms with Crippen molar-refractivity contribution < 1.29 is 9.52 Å². The molecule has 0 aliphatic heterocycles. The van der Waals surface area contributed by atoms with Gasteiger partial charge in [0, 0.05) is 0 Å².